The predicted octanol–water partition coefficient (Wildman–Crippen LogP) is 2.62. The van der Waals surface area contributed by atoms with Crippen LogP contribution in [-0.4, -0.2) is 15.0 Å². The van der Waals surface area contributed by atoms with Crippen molar-refractivity contribution in [3.05, 3.63) is 48.4 Å². The van der Waals surface area contributed by atoms with Gasteiger partial charge in [-0.2, -0.15) is 0 Å². The number of hydrogen-bond acceptors (Lipinski definition) is 6. The molecule has 106 valence electrons. The van der Waals surface area contributed by atoms with Gasteiger partial charge in [0.25, 0.3) is 0 Å². The third-order valence-corrected chi connectivity index (χ3v) is 3.30. The molecule has 1 aromatic carbocycles. The zero-order chi connectivity index (χ0) is 14.7. The Kier molecular flexibility index (Phi) is 3.61. The summed E-state index contributed by atoms with van der Waals surface area (Å²) in [4.78, 5) is 12.7. The van der Waals surface area contributed by atoms with Crippen LogP contribution in [0.2, 0.25) is 0 Å². The number of nitrogen functional groups attached to an aromatic ring is 1. The summed E-state index contributed by atoms with van der Waals surface area (Å²) in [6.45, 7) is 2.04. The molecule has 0 aliphatic carbocycles. The summed E-state index contributed by atoms with van der Waals surface area (Å²) >= 11 is 0. The van der Waals surface area contributed by atoms with Gasteiger partial charge in [-0.3, -0.25) is 4.98 Å². The van der Waals surface area contributed by atoms with Crippen molar-refractivity contribution in [3.8, 4) is 0 Å². The molecular weight excluding hydrogens is 264 g/mol. The molecule has 21 heavy (non-hydrogen) atoms. The quantitative estimate of drug-likeness (QED) is 0.503. The first-order valence-electron chi connectivity index (χ1n) is 6.74. The summed E-state index contributed by atoms with van der Waals surface area (Å²) < 4.78 is 0. The Bertz CT molecular complexity index is 771. The maximum atomic E-state index is 5.49. The molecular formula is C15H16N6. The van der Waals surface area contributed by atoms with E-state index < -0.39 is 0 Å². The van der Waals surface area contributed by atoms with Crippen molar-refractivity contribution in [2.24, 2.45) is 5.84 Å². The fourth-order valence-corrected chi connectivity index (χ4v) is 2.27. The van der Waals surface area contributed by atoms with E-state index in [-0.39, 0.29) is 0 Å². The first-order chi connectivity index (χ1) is 10.3. The molecule has 0 saturated carbocycles. The zero-order valence-electron chi connectivity index (χ0n) is 11.7. The van der Waals surface area contributed by atoms with E-state index in [4.69, 9.17) is 5.84 Å². The monoisotopic (exact) mass is 280 g/mol. The molecule has 0 spiro atoms. The zero-order valence-corrected chi connectivity index (χ0v) is 11.7. The third-order valence-electron chi connectivity index (χ3n) is 3.30. The Morgan fingerprint density at radius 3 is 2.76 bits per heavy atom. The number of benzene rings is 1. The van der Waals surface area contributed by atoms with Crippen LogP contribution in [0.1, 0.15) is 12.5 Å². The van der Waals surface area contributed by atoms with Gasteiger partial charge in [0.15, 0.2) is 0 Å². The minimum absolute atomic E-state index is 0.637. The van der Waals surface area contributed by atoms with E-state index in [0.717, 1.165) is 34.4 Å². The second-order valence-electron chi connectivity index (χ2n) is 4.58. The SMILES string of the molecule is CCc1c(NN)ncnc1Nc1ccc2ncccc2c1. The lowest BCUT2D eigenvalue weighted by Crippen LogP contribution is -2.13. The van der Waals surface area contributed by atoms with E-state index in [1.165, 1.54) is 6.33 Å². The Morgan fingerprint density at radius 2 is 1.95 bits per heavy atom. The number of nitrogens with one attached hydrogen (secondary N) is 2. The number of nitrogens with two attached hydrogens (primary N) is 1. The molecule has 2 heterocycles. The van der Waals surface area contributed by atoms with E-state index in [0.29, 0.717) is 5.82 Å². The van der Waals surface area contributed by atoms with Gasteiger partial charge in [-0.05, 0) is 30.7 Å². The van der Waals surface area contributed by atoms with Gasteiger partial charge < -0.3 is 10.7 Å². The normalized spacial score (nSPS) is 10.6. The van der Waals surface area contributed by atoms with Crippen LogP contribution in [0.4, 0.5) is 17.3 Å². The van der Waals surface area contributed by atoms with Crippen molar-refractivity contribution < 1.29 is 0 Å². The van der Waals surface area contributed by atoms with Crippen LogP contribution in [0.25, 0.3) is 10.9 Å². The lowest BCUT2D eigenvalue weighted by atomic mass is 10.2. The maximum absolute atomic E-state index is 5.49. The predicted molar refractivity (Wildman–Crippen MR) is 84.2 cm³/mol. The fraction of sp³-hybridized carbons (Fsp3) is 0.133. The Balaban J connectivity index is 1.98. The second kappa shape index (κ2) is 5.72. The summed E-state index contributed by atoms with van der Waals surface area (Å²) in [6, 6.07) is 9.95. The highest BCUT2D eigenvalue weighted by atomic mass is 15.3. The summed E-state index contributed by atoms with van der Waals surface area (Å²) in [7, 11) is 0. The van der Waals surface area contributed by atoms with Crippen molar-refractivity contribution in [3.63, 3.8) is 0 Å². The molecule has 3 rings (SSSR count). The molecule has 0 radical (unpaired) electrons. The number of anilines is 3. The molecule has 6 nitrogen and oxygen atoms in total. The highest BCUT2D eigenvalue weighted by Crippen LogP contribution is 2.25. The molecule has 0 amide bonds. The molecule has 0 aliphatic rings. The third kappa shape index (κ3) is 2.61. The molecule has 0 saturated heterocycles. The van der Waals surface area contributed by atoms with E-state index in [1.807, 2.05) is 37.3 Å². The Labute approximate surface area is 122 Å². The van der Waals surface area contributed by atoms with Crippen molar-refractivity contribution in [1.29, 1.82) is 0 Å². The van der Waals surface area contributed by atoms with E-state index in [9.17, 15) is 0 Å². The van der Waals surface area contributed by atoms with Crippen LogP contribution in [0, 0.1) is 0 Å². The van der Waals surface area contributed by atoms with E-state index in [1.54, 1.807) is 6.20 Å². The maximum Gasteiger partial charge on any atom is 0.148 e. The highest BCUT2D eigenvalue weighted by Gasteiger charge is 2.09. The number of aromatic nitrogens is 3. The van der Waals surface area contributed by atoms with E-state index >= 15 is 0 Å². The van der Waals surface area contributed by atoms with Gasteiger partial charge in [0.2, 0.25) is 0 Å². The van der Waals surface area contributed by atoms with Crippen molar-refractivity contribution in [2.75, 3.05) is 10.7 Å². The van der Waals surface area contributed by atoms with Gasteiger partial charge in [-0.15, -0.1) is 0 Å². The summed E-state index contributed by atoms with van der Waals surface area (Å²) in [6.07, 6.45) is 4.05. The summed E-state index contributed by atoms with van der Waals surface area (Å²) in [5.41, 5.74) is 5.47. The first-order valence-corrected chi connectivity index (χ1v) is 6.74. The van der Waals surface area contributed by atoms with Crippen molar-refractivity contribution >= 4 is 28.2 Å². The number of rotatable bonds is 4. The molecule has 0 bridgehead atoms. The summed E-state index contributed by atoms with van der Waals surface area (Å²) in [5.74, 6) is 6.88. The van der Waals surface area contributed by atoms with Crippen LogP contribution in [0.3, 0.4) is 0 Å². The number of pyridine rings is 1. The number of hydrazine groups is 1. The van der Waals surface area contributed by atoms with Gasteiger partial charge in [0.1, 0.15) is 18.0 Å². The largest absolute Gasteiger partial charge is 0.340 e. The molecule has 2 aromatic heterocycles. The smallest absolute Gasteiger partial charge is 0.148 e. The Morgan fingerprint density at radius 1 is 1.10 bits per heavy atom. The lowest BCUT2D eigenvalue weighted by Gasteiger charge is -2.13. The molecule has 0 unspecified atom stereocenters. The number of hydrogen-bond donors (Lipinski definition) is 3. The fourth-order valence-electron chi connectivity index (χ4n) is 2.27. The van der Waals surface area contributed by atoms with Crippen LogP contribution in [0.5, 0.6) is 0 Å². The van der Waals surface area contributed by atoms with Gasteiger partial charge in [0.05, 0.1) is 5.52 Å². The van der Waals surface area contributed by atoms with Crippen LogP contribution >= 0.6 is 0 Å². The van der Waals surface area contributed by atoms with Crippen LogP contribution in [0.15, 0.2) is 42.9 Å². The van der Waals surface area contributed by atoms with Crippen LogP contribution < -0.4 is 16.6 Å². The highest BCUT2D eigenvalue weighted by molar-refractivity contribution is 5.83. The Hall–Kier alpha value is -2.73. The van der Waals surface area contributed by atoms with Crippen LogP contribution in [-0.2, 0) is 6.42 Å². The molecule has 3 aromatic rings. The topological polar surface area (TPSA) is 88.8 Å². The second-order valence-corrected chi connectivity index (χ2v) is 4.58. The van der Waals surface area contributed by atoms with Gasteiger partial charge in [-0.25, -0.2) is 15.8 Å². The lowest BCUT2D eigenvalue weighted by molar-refractivity contribution is 1.04. The van der Waals surface area contributed by atoms with E-state index in [2.05, 4.69) is 25.7 Å². The van der Waals surface area contributed by atoms with Gasteiger partial charge in [-0.1, -0.05) is 13.0 Å². The molecule has 4 N–H and O–H groups in total. The minimum atomic E-state index is 0.637. The van der Waals surface area contributed by atoms with Gasteiger partial charge >= 0.3 is 0 Å². The average Bonchev–Trinajstić information content (AvgIpc) is 2.54. The van der Waals surface area contributed by atoms with Crippen molar-refractivity contribution in [1.82, 2.24) is 15.0 Å². The van der Waals surface area contributed by atoms with Crippen molar-refractivity contribution in [2.45, 2.75) is 13.3 Å². The number of nitrogens with zero attached hydrogens (tertiary/aromatic N) is 3. The first kappa shape index (κ1) is 13.3. The molecule has 0 aliphatic heterocycles. The standard InChI is InChI=1S/C15H16N6/c1-2-12-14(18-9-19-15(12)21-16)20-11-5-6-13-10(8-11)4-3-7-17-13/h3-9H,2,16H2,1H3,(H2,18,19,20,21). The molecule has 0 fully saturated rings. The number of fused-ring (bicyclic) bond motifs is 1. The molecule has 0 atom stereocenters. The average molecular weight is 280 g/mol. The molecule has 6 heteroatoms. The van der Waals surface area contributed by atoms with Gasteiger partial charge in [0, 0.05) is 22.8 Å². The minimum Gasteiger partial charge on any atom is -0.340 e. The summed E-state index contributed by atoms with van der Waals surface area (Å²) in [5, 5.41) is 4.39.